The molecule has 0 unspecified atom stereocenters. The number of carbonyl (C=O) groups excluding carboxylic acids is 2. The molecule has 136 valence electrons. The average molecular weight is 342 g/mol. The molecule has 1 aromatic rings. The van der Waals surface area contributed by atoms with E-state index in [2.05, 4.69) is 11.4 Å². The van der Waals surface area contributed by atoms with Gasteiger partial charge in [0.15, 0.2) is 0 Å². The molecule has 0 spiro atoms. The Morgan fingerprint density at radius 1 is 0.920 bits per heavy atom. The van der Waals surface area contributed by atoms with Crippen LogP contribution in [-0.4, -0.2) is 35.8 Å². The van der Waals surface area contributed by atoms with Crippen molar-refractivity contribution in [2.45, 2.75) is 64.8 Å². The number of likely N-dealkylation sites (tertiary alicyclic amines) is 1. The van der Waals surface area contributed by atoms with Crippen molar-refractivity contribution in [2.75, 3.05) is 13.1 Å². The number of hydrogen-bond acceptors (Lipinski definition) is 2. The Morgan fingerprint density at radius 2 is 1.52 bits per heavy atom. The third-order valence-electron chi connectivity index (χ3n) is 5.57. The van der Waals surface area contributed by atoms with E-state index in [0.29, 0.717) is 0 Å². The first kappa shape index (κ1) is 18.0. The van der Waals surface area contributed by atoms with Crippen molar-refractivity contribution in [2.24, 2.45) is 5.92 Å². The molecule has 1 aromatic carbocycles. The minimum Gasteiger partial charge on any atom is -0.353 e. The minimum atomic E-state index is 0.115. The van der Waals surface area contributed by atoms with Crippen LogP contribution in [0.15, 0.2) is 18.2 Å². The van der Waals surface area contributed by atoms with Crippen LogP contribution in [0.5, 0.6) is 0 Å². The maximum absolute atomic E-state index is 12.7. The van der Waals surface area contributed by atoms with E-state index in [4.69, 9.17) is 0 Å². The van der Waals surface area contributed by atoms with Gasteiger partial charge in [0.2, 0.25) is 5.91 Å². The third kappa shape index (κ3) is 4.62. The Hall–Kier alpha value is -1.84. The van der Waals surface area contributed by atoms with E-state index in [0.717, 1.165) is 55.5 Å². The fourth-order valence-corrected chi connectivity index (χ4v) is 4.19. The van der Waals surface area contributed by atoms with Gasteiger partial charge in [-0.1, -0.05) is 36.5 Å². The highest BCUT2D eigenvalue weighted by Gasteiger charge is 2.27. The standard InChI is InChI=1S/C21H30N2O2/c1-15-12-16(2)14-18(13-15)21(25)23-10-8-19(9-11-23)22-20(24)17-6-4-3-5-7-17/h12-14,17,19H,3-11H2,1-2H3,(H,22,24). The van der Waals surface area contributed by atoms with Crippen molar-refractivity contribution in [3.8, 4) is 0 Å². The van der Waals surface area contributed by atoms with Gasteiger partial charge in [-0.05, 0) is 51.7 Å². The number of nitrogens with one attached hydrogen (secondary N) is 1. The van der Waals surface area contributed by atoms with E-state index < -0.39 is 0 Å². The molecule has 1 aliphatic heterocycles. The lowest BCUT2D eigenvalue weighted by Crippen LogP contribution is -2.48. The zero-order valence-electron chi connectivity index (χ0n) is 15.5. The molecule has 3 rings (SSSR count). The van der Waals surface area contributed by atoms with E-state index in [-0.39, 0.29) is 23.8 Å². The molecule has 2 amide bonds. The van der Waals surface area contributed by atoms with Crippen molar-refractivity contribution in [3.05, 3.63) is 34.9 Å². The fourth-order valence-electron chi connectivity index (χ4n) is 4.19. The van der Waals surface area contributed by atoms with E-state index in [9.17, 15) is 9.59 Å². The summed E-state index contributed by atoms with van der Waals surface area (Å²) in [6.45, 7) is 5.50. The molecule has 0 radical (unpaired) electrons. The maximum Gasteiger partial charge on any atom is 0.253 e. The Bertz CT molecular complexity index is 607. The van der Waals surface area contributed by atoms with Gasteiger partial charge in [0.25, 0.3) is 5.91 Å². The zero-order valence-corrected chi connectivity index (χ0v) is 15.5. The molecule has 4 nitrogen and oxygen atoms in total. The monoisotopic (exact) mass is 342 g/mol. The van der Waals surface area contributed by atoms with Crippen molar-refractivity contribution < 1.29 is 9.59 Å². The summed E-state index contributed by atoms with van der Waals surface area (Å²) in [5, 5.41) is 3.23. The predicted molar refractivity (Wildman–Crippen MR) is 99.6 cm³/mol. The first-order chi connectivity index (χ1) is 12.0. The number of aryl methyl sites for hydroxylation is 2. The van der Waals surface area contributed by atoms with Gasteiger partial charge in [0.05, 0.1) is 0 Å². The average Bonchev–Trinajstić information content (AvgIpc) is 2.61. The van der Waals surface area contributed by atoms with Crippen LogP contribution in [0.25, 0.3) is 0 Å². The van der Waals surface area contributed by atoms with E-state index in [1.165, 1.54) is 19.3 Å². The van der Waals surface area contributed by atoms with Crippen LogP contribution in [-0.2, 0) is 4.79 Å². The minimum absolute atomic E-state index is 0.115. The molecule has 1 aliphatic carbocycles. The third-order valence-corrected chi connectivity index (χ3v) is 5.57. The maximum atomic E-state index is 12.7. The number of piperidine rings is 1. The van der Waals surface area contributed by atoms with Crippen LogP contribution in [0.2, 0.25) is 0 Å². The van der Waals surface area contributed by atoms with Gasteiger partial charge < -0.3 is 10.2 Å². The summed E-state index contributed by atoms with van der Waals surface area (Å²) in [6.07, 6.45) is 7.42. The van der Waals surface area contributed by atoms with Crippen LogP contribution >= 0.6 is 0 Å². The van der Waals surface area contributed by atoms with Crippen LogP contribution in [0, 0.1) is 19.8 Å². The quantitative estimate of drug-likeness (QED) is 0.912. The summed E-state index contributed by atoms with van der Waals surface area (Å²) in [4.78, 5) is 27.0. The summed E-state index contributed by atoms with van der Waals surface area (Å²) in [6, 6.07) is 6.24. The molecule has 2 aliphatic rings. The summed E-state index contributed by atoms with van der Waals surface area (Å²) < 4.78 is 0. The molecule has 0 atom stereocenters. The van der Waals surface area contributed by atoms with E-state index in [1.54, 1.807) is 0 Å². The van der Waals surface area contributed by atoms with Gasteiger partial charge in [0, 0.05) is 30.6 Å². The van der Waals surface area contributed by atoms with E-state index in [1.807, 2.05) is 30.9 Å². The second-order valence-corrected chi connectivity index (χ2v) is 7.79. The SMILES string of the molecule is Cc1cc(C)cc(C(=O)N2CCC(NC(=O)C3CCCCC3)CC2)c1. The summed E-state index contributed by atoms with van der Waals surface area (Å²) in [5.41, 5.74) is 3.03. The number of carbonyl (C=O) groups is 2. The molecule has 4 heteroatoms. The van der Waals surface area contributed by atoms with Crippen molar-refractivity contribution in [1.29, 1.82) is 0 Å². The predicted octanol–water partition coefficient (Wildman–Crippen LogP) is 3.60. The first-order valence-corrected chi connectivity index (χ1v) is 9.71. The molecule has 0 bridgehead atoms. The molecule has 25 heavy (non-hydrogen) atoms. The molecular formula is C21H30N2O2. The van der Waals surface area contributed by atoms with Gasteiger partial charge in [-0.2, -0.15) is 0 Å². The molecule has 1 saturated heterocycles. The van der Waals surface area contributed by atoms with Gasteiger partial charge in [-0.15, -0.1) is 0 Å². The summed E-state index contributed by atoms with van der Waals surface area (Å²) in [5.74, 6) is 0.561. The molecule has 2 fully saturated rings. The Labute approximate surface area is 151 Å². The second-order valence-electron chi connectivity index (χ2n) is 7.79. The number of hydrogen-bond donors (Lipinski definition) is 1. The molecular weight excluding hydrogens is 312 g/mol. The van der Waals surface area contributed by atoms with E-state index >= 15 is 0 Å². The lowest BCUT2D eigenvalue weighted by molar-refractivity contribution is -0.126. The van der Waals surface area contributed by atoms with Crippen molar-refractivity contribution >= 4 is 11.8 Å². The molecule has 0 aromatic heterocycles. The van der Waals surface area contributed by atoms with Crippen molar-refractivity contribution in [1.82, 2.24) is 10.2 Å². The number of benzene rings is 1. The Morgan fingerprint density at radius 3 is 2.12 bits per heavy atom. The Balaban J connectivity index is 1.51. The highest BCUT2D eigenvalue weighted by molar-refractivity contribution is 5.94. The molecule has 1 heterocycles. The van der Waals surface area contributed by atoms with Crippen LogP contribution in [0.3, 0.4) is 0 Å². The fraction of sp³-hybridized carbons (Fsp3) is 0.619. The van der Waals surface area contributed by atoms with Crippen molar-refractivity contribution in [3.63, 3.8) is 0 Å². The highest BCUT2D eigenvalue weighted by atomic mass is 16.2. The molecule has 1 N–H and O–H groups in total. The van der Waals surface area contributed by atoms with Crippen LogP contribution in [0.4, 0.5) is 0 Å². The number of rotatable bonds is 3. The van der Waals surface area contributed by atoms with Gasteiger partial charge in [0.1, 0.15) is 0 Å². The zero-order chi connectivity index (χ0) is 17.8. The lowest BCUT2D eigenvalue weighted by Gasteiger charge is -2.33. The first-order valence-electron chi connectivity index (χ1n) is 9.71. The normalized spacial score (nSPS) is 19.7. The van der Waals surface area contributed by atoms with Gasteiger partial charge >= 0.3 is 0 Å². The summed E-state index contributed by atoms with van der Waals surface area (Å²) in [7, 11) is 0. The Kier molecular flexibility index (Phi) is 5.77. The number of amides is 2. The lowest BCUT2D eigenvalue weighted by atomic mass is 9.88. The highest BCUT2D eigenvalue weighted by Crippen LogP contribution is 2.24. The largest absolute Gasteiger partial charge is 0.353 e. The molecule has 1 saturated carbocycles. The summed E-state index contributed by atoms with van der Waals surface area (Å²) >= 11 is 0. The second kappa shape index (κ2) is 8.03. The van der Waals surface area contributed by atoms with Crippen LogP contribution < -0.4 is 5.32 Å². The smallest absolute Gasteiger partial charge is 0.253 e. The van der Waals surface area contributed by atoms with Crippen LogP contribution in [0.1, 0.15) is 66.4 Å². The topological polar surface area (TPSA) is 49.4 Å². The number of nitrogens with zero attached hydrogens (tertiary/aromatic N) is 1. The van der Waals surface area contributed by atoms with Gasteiger partial charge in [-0.25, -0.2) is 0 Å². The van der Waals surface area contributed by atoms with Gasteiger partial charge in [-0.3, -0.25) is 9.59 Å².